The molecule has 0 aliphatic carbocycles. The maximum absolute atomic E-state index is 13.0. The summed E-state index contributed by atoms with van der Waals surface area (Å²) < 4.78 is 8.83. The number of ether oxygens (including phenoxy) is 1. The summed E-state index contributed by atoms with van der Waals surface area (Å²) in [5, 5.41) is 0. The third-order valence-corrected chi connectivity index (χ3v) is 5.51. The first-order chi connectivity index (χ1) is 12.9. The maximum Gasteiger partial charge on any atom is 0.263 e. The van der Waals surface area contributed by atoms with E-state index in [0.29, 0.717) is 31.2 Å². The third-order valence-electron chi connectivity index (χ3n) is 5.51. The Balaban J connectivity index is 1.72. The van der Waals surface area contributed by atoms with Gasteiger partial charge in [0, 0.05) is 57.8 Å². The Kier molecular flexibility index (Phi) is 5.79. The molecule has 0 aromatic carbocycles. The lowest BCUT2D eigenvalue weighted by molar-refractivity contribution is 0.0706. The molecule has 0 bridgehead atoms. The third kappa shape index (κ3) is 3.83. The van der Waals surface area contributed by atoms with Gasteiger partial charge in [0.15, 0.2) is 0 Å². The highest BCUT2D eigenvalue weighted by molar-refractivity contribution is 5.95. The quantitative estimate of drug-likeness (QED) is 0.803. The summed E-state index contributed by atoms with van der Waals surface area (Å²) in [7, 11) is 3.40. The van der Waals surface area contributed by atoms with Gasteiger partial charge < -0.3 is 18.8 Å². The summed E-state index contributed by atoms with van der Waals surface area (Å²) in [4.78, 5) is 31.9. The predicted molar refractivity (Wildman–Crippen MR) is 103 cm³/mol. The number of aromatic nitrogens is 3. The first-order valence-electron chi connectivity index (χ1n) is 9.40. The lowest BCUT2D eigenvalue weighted by Crippen LogP contribution is -2.42. The molecule has 7 heteroatoms. The second-order valence-corrected chi connectivity index (χ2v) is 7.25. The van der Waals surface area contributed by atoms with Crippen LogP contribution in [0.1, 0.15) is 46.2 Å². The van der Waals surface area contributed by atoms with Crippen molar-refractivity contribution in [1.29, 1.82) is 0 Å². The molecule has 7 nitrogen and oxygen atoms in total. The molecule has 0 saturated carbocycles. The van der Waals surface area contributed by atoms with Gasteiger partial charge in [0.2, 0.25) is 0 Å². The zero-order valence-electron chi connectivity index (χ0n) is 16.6. The highest BCUT2D eigenvalue weighted by Crippen LogP contribution is 2.27. The number of piperidine rings is 1. The smallest absolute Gasteiger partial charge is 0.263 e. The summed E-state index contributed by atoms with van der Waals surface area (Å²) in [6.07, 6.45) is 5.50. The van der Waals surface area contributed by atoms with E-state index >= 15 is 0 Å². The lowest BCUT2D eigenvalue weighted by Gasteiger charge is -2.32. The van der Waals surface area contributed by atoms with Gasteiger partial charge in [0.1, 0.15) is 11.4 Å². The van der Waals surface area contributed by atoms with Gasteiger partial charge in [-0.05, 0) is 38.3 Å². The van der Waals surface area contributed by atoms with Crippen LogP contribution in [0.4, 0.5) is 0 Å². The van der Waals surface area contributed by atoms with Crippen LogP contribution in [0.15, 0.2) is 23.3 Å². The number of nitrogens with zero attached hydrogens (tertiary/aromatic N) is 4. The van der Waals surface area contributed by atoms with E-state index in [1.54, 1.807) is 23.6 Å². The average molecular weight is 372 g/mol. The standard InChI is InChI=1S/C20H28N4O3/c1-14-13-15(2)22(3)19(25)17(14)20(26)24-8-5-16(6-9-24)18-21-7-10-23(18)11-12-27-4/h7,10,13,16H,5-6,8-9,11-12H2,1-4H3. The SMILES string of the molecule is COCCn1ccnc1C1CCN(C(=O)c2c(C)cc(C)n(C)c2=O)CC1. The highest BCUT2D eigenvalue weighted by Gasteiger charge is 2.29. The minimum Gasteiger partial charge on any atom is -0.383 e. The van der Waals surface area contributed by atoms with Crippen LogP contribution < -0.4 is 5.56 Å². The van der Waals surface area contributed by atoms with Gasteiger partial charge in [-0.2, -0.15) is 0 Å². The van der Waals surface area contributed by atoms with Gasteiger partial charge in [-0.3, -0.25) is 9.59 Å². The van der Waals surface area contributed by atoms with Crippen molar-refractivity contribution < 1.29 is 9.53 Å². The van der Waals surface area contributed by atoms with Gasteiger partial charge in [-0.1, -0.05) is 0 Å². The van der Waals surface area contributed by atoms with E-state index < -0.39 is 0 Å². The molecule has 0 radical (unpaired) electrons. The monoisotopic (exact) mass is 372 g/mol. The van der Waals surface area contributed by atoms with Gasteiger partial charge in [-0.15, -0.1) is 0 Å². The van der Waals surface area contributed by atoms with E-state index in [4.69, 9.17) is 4.74 Å². The average Bonchev–Trinajstić information content (AvgIpc) is 3.13. The number of aryl methyl sites for hydroxylation is 2. The van der Waals surface area contributed by atoms with Crippen LogP contribution in [-0.4, -0.2) is 51.7 Å². The lowest BCUT2D eigenvalue weighted by atomic mass is 9.95. The Bertz CT molecular complexity index is 876. The zero-order chi connectivity index (χ0) is 19.6. The maximum atomic E-state index is 13.0. The molecular weight excluding hydrogens is 344 g/mol. The fraction of sp³-hybridized carbons (Fsp3) is 0.550. The van der Waals surface area contributed by atoms with E-state index in [1.807, 2.05) is 32.3 Å². The number of imidazole rings is 1. The number of hydrogen-bond donors (Lipinski definition) is 0. The van der Waals surface area contributed by atoms with Crippen molar-refractivity contribution in [2.75, 3.05) is 26.8 Å². The first-order valence-corrected chi connectivity index (χ1v) is 9.40. The van der Waals surface area contributed by atoms with Crippen LogP contribution in [0.2, 0.25) is 0 Å². The molecule has 0 unspecified atom stereocenters. The largest absolute Gasteiger partial charge is 0.383 e. The van der Waals surface area contributed by atoms with Crippen molar-refractivity contribution >= 4 is 5.91 Å². The van der Waals surface area contributed by atoms with E-state index in [0.717, 1.165) is 36.5 Å². The van der Waals surface area contributed by atoms with Crippen molar-refractivity contribution in [3.63, 3.8) is 0 Å². The van der Waals surface area contributed by atoms with E-state index in [-0.39, 0.29) is 11.5 Å². The first kappa shape index (κ1) is 19.4. The molecule has 1 saturated heterocycles. The van der Waals surface area contributed by atoms with Crippen LogP contribution in [0, 0.1) is 13.8 Å². The van der Waals surface area contributed by atoms with Crippen molar-refractivity contribution in [2.24, 2.45) is 7.05 Å². The summed E-state index contributed by atoms with van der Waals surface area (Å²) in [5.41, 5.74) is 1.69. The molecule has 3 rings (SSSR count). The fourth-order valence-corrected chi connectivity index (χ4v) is 3.80. The topological polar surface area (TPSA) is 69.4 Å². The number of carbonyl (C=O) groups excluding carboxylic acids is 1. The molecule has 1 fully saturated rings. The predicted octanol–water partition coefficient (Wildman–Crippen LogP) is 1.86. The van der Waals surface area contributed by atoms with Gasteiger partial charge in [-0.25, -0.2) is 4.98 Å². The minimum atomic E-state index is -0.213. The Morgan fingerprint density at radius 1 is 1.30 bits per heavy atom. The van der Waals surface area contributed by atoms with E-state index in [1.165, 1.54) is 0 Å². The van der Waals surface area contributed by atoms with Crippen LogP contribution in [0.25, 0.3) is 0 Å². The van der Waals surface area contributed by atoms with Crippen LogP contribution in [-0.2, 0) is 18.3 Å². The Labute approximate surface area is 159 Å². The van der Waals surface area contributed by atoms with E-state index in [9.17, 15) is 9.59 Å². The van der Waals surface area contributed by atoms with E-state index in [2.05, 4.69) is 9.55 Å². The molecule has 27 heavy (non-hydrogen) atoms. The molecule has 1 aliphatic heterocycles. The van der Waals surface area contributed by atoms with Crippen molar-refractivity contribution in [1.82, 2.24) is 19.0 Å². The fourth-order valence-electron chi connectivity index (χ4n) is 3.80. The zero-order valence-corrected chi connectivity index (χ0v) is 16.6. The molecule has 0 spiro atoms. The normalized spacial score (nSPS) is 15.3. The second kappa shape index (κ2) is 8.08. The van der Waals surface area contributed by atoms with Crippen molar-refractivity contribution in [2.45, 2.75) is 39.2 Å². The molecule has 2 aromatic rings. The Morgan fingerprint density at radius 3 is 2.67 bits per heavy atom. The van der Waals surface area contributed by atoms with Gasteiger partial charge in [0.05, 0.1) is 6.61 Å². The molecule has 3 heterocycles. The number of pyridine rings is 1. The summed E-state index contributed by atoms with van der Waals surface area (Å²) in [6.45, 7) is 6.41. The number of amides is 1. The van der Waals surface area contributed by atoms with Crippen LogP contribution in [0.5, 0.6) is 0 Å². The number of rotatable bonds is 5. The Hall–Kier alpha value is -2.41. The molecule has 2 aromatic heterocycles. The van der Waals surface area contributed by atoms with Gasteiger partial charge in [0.25, 0.3) is 11.5 Å². The molecule has 0 N–H and O–H groups in total. The minimum absolute atomic E-state index is 0.158. The Morgan fingerprint density at radius 2 is 2.00 bits per heavy atom. The summed E-state index contributed by atoms with van der Waals surface area (Å²) >= 11 is 0. The number of likely N-dealkylation sites (tertiary alicyclic amines) is 1. The highest BCUT2D eigenvalue weighted by atomic mass is 16.5. The van der Waals surface area contributed by atoms with Crippen molar-refractivity contribution in [3.8, 4) is 0 Å². The molecule has 1 aliphatic rings. The summed E-state index contributed by atoms with van der Waals surface area (Å²) in [5.74, 6) is 1.22. The van der Waals surface area contributed by atoms with Crippen LogP contribution in [0.3, 0.4) is 0 Å². The number of methoxy groups -OCH3 is 1. The van der Waals surface area contributed by atoms with Gasteiger partial charge >= 0.3 is 0 Å². The molecule has 0 atom stereocenters. The summed E-state index contributed by atoms with van der Waals surface area (Å²) in [6, 6.07) is 1.90. The molecule has 146 valence electrons. The number of carbonyl (C=O) groups is 1. The number of hydrogen-bond acceptors (Lipinski definition) is 4. The molecular formula is C20H28N4O3. The van der Waals surface area contributed by atoms with Crippen LogP contribution >= 0.6 is 0 Å². The molecule has 1 amide bonds. The van der Waals surface area contributed by atoms with Crippen molar-refractivity contribution in [3.05, 3.63) is 51.5 Å². The second-order valence-electron chi connectivity index (χ2n) is 7.25.